The van der Waals surface area contributed by atoms with Crippen LogP contribution in [0.3, 0.4) is 0 Å². The predicted octanol–water partition coefficient (Wildman–Crippen LogP) is 2.92. The van der Waals surface area contributed by atoms with Crippen LogP contribution in [-0.2, 0) is 4.74 Å². The van der Waals surface area contributed by atoms with Crippen molar-refractivity contribution in [3.8, 4) is 0 Å². The molecule has 0 spiro atoms. The molecule has 2 saturated carbocycles. The molecule has 0 saturated heterocycles. The molecule has 0 bridgehead atoms. The average Bonchev–Trinajstić information content (AvgIpc) is 1.96. The number of rotatable bonds is 4. The molecule has 2 aliphatic rings. The van der Waals surface area contributed by atoms with Gasteiger partial charge in [-0.1, -0.05) is 5.57 Å². The molecule has 2 rings (SSSR count). The van der Waals surface area contributed by atoms with Gasteiger partial charge in [0.15, 0.2) is 0 Å². The summed E-state index contributed by atoms with van der Waals surface area (Å²) in [5.41, 5.74) is 4.84. The van der Waals surface area contributed by atoms with E-state index in [1.807, 2.05) is 0 Å². The van der Waals surface area contributed by atoms with Crippen molar-refractivity contribution in [2.45, 2.75) is 51.9 Å². The van der Waals surface area contributed by atoms with Crippen LogP contribution in [-0.4, -0.2) is 14.5 Å². The Morgan fingerprint density at radius 1 is 1.13 bits per heavy atom. The maximum Gasteiger partial charge on any atom is 0.134 e. The van der Waals surface area contributed by atoms with Crippen molar-refractivity contribution in [2.75, 3.05) is 6.61 Å². The fourth-order valence-corrected chi connectivity index (χ4v) is 2.23. The van der Waals surface area contributed by atoms with Crippen LogP contribution in [0.4, 0.5) is 0 Å². The molecule has 0 unspecified atom stereocenters. The molecular weight excluding hydrogens is 183 g/mol. The van der Waals surface area contributed by atoms with Crippen molar-refractivity contribution < 1.29 is 4.74 Å². The lowest BCUT2D eigenvalue weighted by Gasteiger charge is -2.25. The smallest absolute Gasteiger partial charge is 0.134 e. The lowest BCUT2D eigenvalue weighted by atomic mass is 9.76. The molecule has 0 atom stereocenters. The molecule has 82 valence electrons. The molecule has 0 radical (unpaired) electrons. The summed E-state index contributed by atoms with van der Waals surface area (Å²) in [4.78, 5) is 0. The molecule has 2 fully saturated rings. The molecule has 2 heteroatoms. The van der Waals surface area contributed by atoms with Gasteiger partial charge in [0.25, 0.3) is 0 Å². The first-order chi connectivity index (χ1) is 7.31. The Hall–Kier alpha value is -0.655. The van der Waals surface area contributed by atoms with Gasteiger partial charge in [-0.2, -0.15) is 0 Å². The normalized spacial score (nSPS) is 19.3. The Morgan fingerprint density at radius 3 is 2.13 bits per heavy atom. The van der Waals surface area contributed by atoms with Gasteiger partial charge in [-0.15, -0.1) is 5.47 Å². The van der Waals surface area contributed by atoms with Gasteiger partial charge in [0.05, 0.1) is 12.4 Å². The van der Waals surface area contributed by atoms with Crippen molar-refractivity contribution in [3.05, 3.63) is 22.4 Å². The fourth-order valence-electron chi connectivity index (χ4n) is 2.23. The lowest BCUT2D eigenvalue weighted by Crippen LogP contribution is -2.09. The summed E-state index contributed by atoms with van der Waals surface area (Å²) in [6.07, 6.45) is 9.06. The third-order valence-corrected chi connectivity index (χ3v) is 3.66. The van der Waals surface area contributed by atoms with Crippen LogP contribution in [0.2, 0.25) is 0 Å². The number of allylic oxidation sites excluding steroid dienone is 3. The Balaban J connectivity index is 2.00. The van der Waals surface area contributed by atoms with E-state index in [0.29, 0.717) is 0 Å². The first kappa shape index (κ1) is 10.8. The van der Waals surface area contributed by atoms with Gasteiger partial charge in [-0.25, -0.2) is 0 Å². The van der Waals surface area contributed by atoms with Crippen LogP contribution < -0.4 is 0 Å². The Bertz CT molecular complexity index is 290. The van der Waals surface area contributed by atoms with Crippen LogP contribution in [0, 0.1) is 0 Å². The van der Waals surface area contributed by atoms with Gasteiger partial charge >= 0.3 is 0 Å². The second-order valence-corrected chi connectivity index (χ2v) is 4.73. The topological polar surface area (TPSA) is 9.23 Å². The van der Waals surface area contributed by atoms with E-state index in [1.54, 1.807) is 16.6 Å². The Kier molecular flexibility index (Phi) is 3.55. The first-order valence-electron chi connectivity index (χ1n) is 6.32. The standard InChI is InChI=1S/C13H21BO/c1-2-15-13(11-7-4-8-11)9-12(14)10-5-3-6-10/h2-9,14H2,1H3. The lowest BCUT2D eigenvalue weighted by molar-refractivity contribution is 0.214. The van der Waals surface area contributed by atoms with E-state index >= 15 is 0 Å². The number of hydrogen-bond acceptors (Lipinski definition) is 1. The predicted molar refractivity (Wildman–Crippen MR) is 66.5 cm³/mol. The summed E-state index contributed by atoms with van der Waals surface area (Å²) in [7, 11) is 2.28. The van der Waals surface area contributed by atoms with Gasteiger partial charge in [0.2, 0.25) is 0 Å². The number of ether oxygens (including phenoxy) is 1. The molecule has 0 aromatic carbocycles. The monoisotopic (exact) mass is 204 g/mol. The molecular formula is C13H21BO. The third kappa shape index (κ3) is 2.47. The summed E-state index contributed by atoms with van der Waals surface area (Å²) in [5.74, 6) is 1.29. The van der Waals surface area contributed by atoms with Crippen LogP contribution in [0.5, 0.6) is 0 Å². The van der Waals surface area contributed by atoms with Crippen LogP contribution in [0.15, 0.2) is 22.4 Å². The van der Waals surface area contributed by atoms with E-state index in [4.69, 9.17) is 4.74 Å². The third-order valence-electron chi connectivity index (χ3n) is 3.66. The zero-order chi connectivity index (χ0) is 10.7. The highest BCUT2D eigenvalue weighted by molar-refractivity contribution is 6.22. The molecule has 15 heavy (non-hydrogen) atoms. The molecule has 0 N–H and O–H groups in total. The van der Waals surface area contributed by atoms with Crippen molar-refractivity contribution in [1.29, 1.82) is 0 Å². The molecule has 0 amide bonds. The highest BCUT2D eigenvalue weighted by Crippen LogP contribution is 2.34. The SMILES string of the molecule is BC(CC(OCC)=C1CCC1)=C1CCC1. The van der Waals surface area contributed by atoms with Crippen LogP contribution in [0.1, 0.15) is 51.9 Å². The highest BCUT2D eigenvalue weighted by Gasteiger charge is 2.18. The second kappa shape index (κ2) is 4.91. The highest BCUT2D eigenvalue weighted by atomic mass is 16.5. The minimum atomic E-state index is 0.821. The Labute approximate surface area is 94.0 Å². The molecule has 1 nitrogen and oxygen atoms in total. The number of hydrogen-bond donors (Lipinski definition) is 0. The van der Waals surface area contributed by atoms with Gasteiger partial charge < -0.3 is 4.74 Å². The van der Waals surface area contributed by atoms with Crippen molar-refractivity contribution in [1.82, 2.24) is 0 Å². The van der Waals surface area contributed by atoms with Gasteiger partial charge in [0, 0.05) is 6.42 Å². The quantitative estimate of drug-likeness (QED) is 0.505. The van der Waals surface area contributed by atoms with E-state index in [0.717, 1.165) is 13.0 Å². The van der Waals surface area contributed by atoms with Gasteiger partial charge in [0.1, 0.15) is 7.85 Å². The molecule has 0 aromatic rings. The minimum absolute atomic E-state index is 0.821. The molecule has 0 heterocycles. The van der Waals surface area contributed by atoms with E-state index < -0.39 is 0 Å². The summed E-state index contributed by atoms with van der Waals surface area (Å²) in [6.45, 7) is 2.91. The maximum absolute atomic E-state index is 5.78. The average molecular weight is 204 g/mol. The maximum atomic E-state index is 5.78. The van der Waals surface area contributed by atoms with Crippen molar-refractivity contribution in [3.63, 3.8) is 0 Å². The zero-order valence-electron chi connectivity index (χ0n) is 10.1. The van der Waals surface area contributed by atoms with Crippen molar-refractivity contribution >= 4 is 7.85 Å². The first-order valence-corrected chi connectivity index (χ1v) is 6.32. The van der Waals surface area contributed by atoms with E-state index in [9.17, 15) is 0 Å². The summed E-state index contributed by atoms with van der Waals surface area (Å²) >= 11 is 0. The van der Waals surface area contributed by atoms with Gasteiger partial charge in [-0.3, -0.25) is 0 Å². The van der Waals surface area contributed by atoms with E-state index in [-0.39, 0.29) is 0 Å². The van der Waals surface area contributed by atoms with E-state index in [1.165, 1.54) is 44.3 Å². The van der Waals surface area contributed by atoms with Gasteiger partial charge in [-0.05, 0) is 51.0 Å². The minimum Gasteiger partial charge on any atom is -0.498 e. The molecule has 2 aliphatic carbocycles. The molecule has 0 aliphatic heterocycles. The van der Waals surface area contributed by atoms with Crippen LogP contribution in [0.25, 0.3) is 0 Å². The second-order valence-electron chi connectivity index (χ2n) is 4.73. The van der Waals surface area contributed by atoms with Crippen LogP contribution >= 0.6 is 0 Å². The molecule has 0 aromatic heterocycles. The summed E-state index contributed by atoms with van der Waals surface area (Å²) in [6, 6.07) is 0. The Morgan fingerprint density at radius 2 is 1.73 bits per heavy atom. The largest absolute Gasteiger partial charge is 0.498 e. The summed E-state index contributed by atoms with van der Waals surface area (Å²) < 4.78 is 5.78. The zero-order valence-corrected chi connectivity index (χ0v) is 10.1. The fraction of sp³-hybridized carbons (Fsp3) is 0.692. The van der Waals surface area contributed by atoms with Crippen molar-refractivity contribution in [2.24, 2.45) is 0 Å². The van der Waals surface area contributed by atoms with E-state index in [2.05, 4.69) is 14.8 Å². The summed E-state index contributed by atoms with van der Waals surface area (Å²) in [5, 5.41) is 0.